The molecule has 0 saturated carbocycles. The van der Waals surface area contributed by atoms with E-state index in [4.69, 9.17) is 4.98 Å². The molecule has 0 aliphatic carbocycles. The molecule has 21 heavy (non-hydrogen) atoms. The van der Waals surface area contributed by atoms with Gasteiger partial charge in [-0.05, 0) is 56.4 Å². The van der Waals surface area contributed by atoms with Crippen molar-refractivity contribution in [3.63, 3.8) is 0 Å². The fraction of sp³-hybridized carbons (Fsp3) is 0.526. The van der Waals surface area contributed by atoms with E-state index >= 15 is 0 Å². The molecule has 0 fully saturated rings. The van der Waals surface area contributed by atoms with E-state index in [0.29, 0.717) is 12.0 Å². The Morgan fingerprint density at radius 2 is 1.81 bits per heavy atom. The number of hydrogen-bond acceptors (Lipinski definition) is 2. The van der Waals surface area contributed by atoms with Gasteiger partial charge >= 0.3 is 0 Å². The quantitative estimate of drug-likeness (QED) is 0.848. The molecule has 0 amide bonds. The lowest BCUT2D eigenvalue weighted by molar-refractivity contribution is 0.535. The molecule has 2 nitrogen and oxygen atoms in total. The maximum atomic E-state index is 4.90. The van der Waals surface area contributed by atoms with Crippen LogP contribution in [0.3, 0.4) is 0 Å². The summed E-state index contributed by atoms with van der Waals surface area (Å²) in [4.78, 5) is 4.90. The molecule has 0 saturated heterocycles. The second-order valence-corrected chi connectivity index (χ2v) is 6.53. The van der Waals surface area contributed by atoms with Gasteiger partial charge in [0.2, 0.25) is 0 Å². The van der Waals surface area contributed by atoms with Gasteiger partial charge in [-0.15, -0.1) is 0 Å². The lowest BCUT2D eigenvalue weighted by atomic mass is 9.98. The van der Waals surface area contributed by atoms with Crippen molar-refractivity contribution < 1.29 is 0 Å². The van der Waals surface area contributed by atoms with Crippen molar-refractivity contribution >= 4 is 10.9 Å². The first-order valence-electron chi connectivity index (χ1n) is 8.06. The third kappa shape index (κ3) is 3.62. The van der Waals surface area contributed by atoms with E-state index in [1.807, 2.05) is 0 Å². The van der Waals surface area contributed by atoms with Gasteiger partial charge in [0.1, 0.15) is 0 Å². The Balaban J connectivity index is 2.54. The molecule has 0 bridgehead atoms. The fourth-order valence-corrected chi connectivity index (χ4v) is 2.64. The lowest BCUT2D eigenvalue weighted by Gasteiger charge is -2.16. The van der Waals surface area contributed by atoms with Crippen LogP contribution in [0.4, 0.5) is 0 Å². The number of nitrogens with zero attached hydrogens (tertiary/aromatic N) is 1. The zero-order valence-corrected chi connectivity index (χ0v) is 14.2. The number of rotatable bonds is 5. The molecule has 2 aromatic rings. The molecule has 0 radical (unpaired) electrons. The van der Waals surface area contributed by atoms with Crippen LogP contribution < -0.4 is 5.32 Å². The molecule has 1 aromatic heterocycles. The minimum Gasteiger partial charge on any atom is -0.310 e. The first kappa shape index (κ1) is 16.0. The summed E-state index contributed by atoms with van der Waals surface area (Å²) >= 11 is 0. The van der Waals surface area contributed by atoms with Gasteiger partial charge in [-0.25, -0.2) is 0 Å². The smallest absolute Gasteiger partial charge is 0.0738 e. The molecule has 1 N–H and O–H groups in total. The van der Waals surface area contributed by atoms with E-state index in [1.165, 1.54) is 27.8 Å². The Hall–Kier alpha value is -1.41. The Kier molecular flexibility index (Phi) is 5.00. The fourth-order valence-electron chi connectivity index (χ4n) is 2.64. The number of pyridine rings is 1. The maximum Gasteiger partial charge on any atom is 0.0738 e. The summed E-state index contributed by atoms with van der Waals surface area (Å²) < 4.78 is 0. The van der Waals surface area contributed by atoms with Crippen LogP contribution in [0.2, 0.25) is 0 Å². The average molecular weight is 284 g/mol. The summed E-state index contributed by atoms with van der Waals surface area (Å²) in [6.45, 7) is 14.1. The van der Waals surface area contributed by atoms with Gasteiger partial charge in [0.05, 0.1) is 5.52 Å². The predicted molar refractivity (Wildman–Crippen MR) is 91.9 cm³/mol. The Labute approximate surface area is 129 Å². The zero-order valence-electron chi connectivity index (χ0n) is 14.2. The first-order valence-corrected chi connectivity index (χ1v) is 8.06. The molecule has 1 aromatic carbocycles. The van der Waals surface area contributed by atoms with Crippen molar-refractivity contribution in [1.82, 2.24) is 10.3 Å². The van der Waals surface area contributed by atoms with Crippen molar-refractivity contribution in [1.29, 1.82) is 0 Å². The Bertz CT molecular complexity index is 629. The second-order valence-electron chi connectivity index (χ2n) is 6.53. The Morgan fingerprint density at radius 3 is 2.43 bits per heavy atom. The highest BCUT2D eigenvalue weighted by Gasteiger charge is 2.11. The van der Waals surface area contributed by atoms with Crippen molar-refractivity contribution in [3.05, 3.63) is 40.6 Å². The molecule has 1 heterocycles. The molecule has 2 rings (SSSR count). The number of hydrogen-bond donors (Lipinski definition) is 1. The normalized spacial score (nSPS) is 13.1. The molecule has 0 aliphatic heterocycles. The molecular weight excluding hydrogens is 256 g/mol. The predicted octanol–water partition coefficient (Wildman–Crippen LogP) is 4.86. The molecule has 2 heteroatoms. The second kappa shape index (κ2) is 6.57. The number of nitrogens with one attached hydrogen (secondary N) is 1. The van der Waals surface area contributed by atoms with Crippen molar-refractivity contribution in [2.45, 2.75) is 66.5 Å². The van der Waals surface area contributed by atoms with Gasteiger partial charge in [-0.3, -0.25) is 4.98 Å². The summed E-state index contributed by atoms with van der Waals surface area (Å²) in [6.07, 6.45) is 1.15. The first-order chi connectivity index (χ1) is 9.92. The van der Waals surface area contributed by atoms with E-state index < -0.39 is 0 Å². The van der Waals surface area contributed by atoms with E-state index in [0.717, 1.165) is 18.5 Å². The van der Waals surface area contributed by atoms with Crippen LogP contribution >= 0.6 is 0 Å². The van der Waals surface area contributed by atoms with Crippen LogP contribution in [0.25, 0.3) is 10.9 Å². The van der Waals surface area contributed by atoms with Crippen molar-refractivity contribution in [2.75, 3.05) is 0 Å². The summed E-state index contributed by atoms with van der Waals surface area (Å²) in [7, 11) is 0. The van der Waals surface area contributed by atoms with Gasteiger partial charge < -0.3 is 5.32 Å². The average Bonchev–Trinajstić information content (AvgIpc) is 2.44. The van der Waals surface area contributed by atoms with E-state index in [9.17, 15) is 0 Å². The maximum absolute atomic E-state index is 4.90. The highest BCUT2D eigenvalue weighted by Crippen LogP contribution is 2.26. The molecule has 1 unspecified atom stereocenters. The SMILES string of the molecule is CCC(C)NCc1cc(C(C)C)nc2c(C)cc(C)cc12. The van der Waals surface area contributed by atoms with Crippen LogP contribution in [-0.4, -0.2) is 11.0 Å². The van der Waals surface area contributed by atoms with Crippen LogP contribution in [0.5, 0.6) is 0 Å². The summed E-state index contributed by atoms with van der Waals surface area (Å²) in [5.74, 6) is 0.456. The van der Waals surface area contributed by atoms with E-state index in [2.05, 4.69) is 65.1 Å². The zero-order chi connectivity index (χ0) is 15.6. The summed E-state index contributed by atoms with van der Waals surface area (Å²) in [5, 5.41) is 4.92. The third-order valence-corrected chi connectivity index (χ3v) is 4.20. The monoisotopic (exact) mass is 284 g/mol. The minimum atomic E-state index is 0.456. The molecule has 1 atom stereocenters. The Morgan fingerprint density at radius 1 is 1.10 bits per heavy atom. The summed E-state index contributed by atoms with van der Waals surface area (Å²) in [5.41, 5.74) is 6.31. The number of fused-ring (bicyclic) bond motifs is 1. The van der Waals surface area contributed by atoms with Crippen molar-refractivity contribution in [3.8, 4) is 0 Å². The van der Waals surface area contributed by atoms with Gasteiger partial charge in [-0.2, -0.15) is 0 Å². The van der Waals surface area contributed by atoms with E-state index in [1.54, 1.807) is 0 Å². The highest BCUT2D eigenvalue weighted by atomic mass is 14.9. The van der Waals surface area contributed by atoms with Crippen LogP contribution in [0, 0.1) is 13.8 Å². The number of benzene rings is 1. The van der Waals surface area contributed by atoms with Gasteiger partial charge in [0, 0.05) is 23.7 Å². The van der Waals surface area contributed by atoms with Gasteiger partial charge in [-0.1, -0.05) is 32.4 Å². The molecule has 0 aliphatic rings. The molecular formula is C19H28N2. The number of aryl methyl sites for hydroxylation is 2. The van der Waals surface area contributed by atoms with Gasteiger partial charge in [0.25, 0.3) is 0 Å². The largest absolute Gasteiger partial charge is 0.310 e. The third-order valence-electron chi connectivity index (χ3n) is 4.20. The van der Waals surface area contributed by atoms with Gasteiger partial charge in [0.15, 0.2) is 0 Å². The van der Waals surface area contributed by atoms with Crippen molar-refractivity contribution in [2.24, 2.45) is 0 Å². The van der Waals surface area contributed by atoms with E-state index in [-0.39, 0.29) is 0 Å². The van der Waals surface area contributed by atoms with Crippen LogP contribution in [-0.2, 0) is 6.54 Å². The summed E-state index contributed by atoms with van der Waals surface area (Å²) in [6, 6.07) is 7.32. The van der Waals surface area contributed by atoms with Crippen LogP contribution in [0.1, 0.15) is 62.4 Å². The minimum absolute atomic E-state index is 0.456. The molecule has 0 spiro atoms. The number of aromatic nitrogens is 1. The molecule has 114 valence electrons. The van der Waals surface area contributed by atoms with Crippen LogP contribution in [0.15, 0.2) is 18.2 Å². The topological polar surface area (TPSA) is 24.9 Å². The standard InChI is InChI=1S/C19H28N2/c1-7-15(6)20-11-16-10-18(12(2)3)21-19-14(5)8-13(4)9-17(16)19/h8-10,12,15,20H,7,11H2,1-6H3. The highest BCUT2D eigenvalue weighted by molar-refractivity contribution is 5.86. The lowest BCUT2D eigenvalue weighted by Crippen LogP contribution is -2.24.